The zero-order chi connectivity index (χ0) is 15.1. The second-order valence-corrected chi connectivity index (χ2v) is 5.89. The van der Waals surface area contributed by atoms with E-state index in [4.69, 9.17) is 4.74 Å². The van der Waals surface area contributed by atoms with Crippen molar-refractivity contribution in [1.29, 1.82) is 0 Å². The van der Waals surface area contributed by atoms with E-state index in [0.717, 1.165) is 50.5 Å². The Balaban J connectivity index is 1.85. The van der Waals surface area contributed by atoms with Gasteiger partial charge in [-0.2, -0.15) is 0 Å². The minimum absolute atomic E-state index is 0.362. The minimum Gasteiger partial charge on any atom is -0.490 e. The molecule has 0 aliphatic carbocycles. The second kappa shape index (κ2) is 8.17. The van der Waals surface area contributed by atoms with Crippen molar-refractivity contribution in [1.82, 2.24) is 0 Å². The smallest absolute Gasteiger partial charge is 0.137 e. The van der Waals surface area contributed by atoms with E-state index >= 15 is 0 Å². The fraction of sp³-hybridized carbons (Fsp3) is 0.529. The molecule has 116 valence electrons. The number of aryl methyl sites for hydroxylation is 1. The van der Waals surface area contributed by atoms with Crippen LogP contribution in [0.4, 0.5) is 0 Å². The third-order valence-corrected chi connectivity index (χ3v) is 3.94. The zero-order valence-electron chi connectivity index (χ0n) is 13.0. The number of nitrogens with one attached hydrogen (secondary N) is 1. The summed E-state index contributed by atoms with van der Waals surface area (Å²) in [5, 5.41) is 12.5. The molecule has 1 fully saturated rings. The van der Waals surface area contributed by atoms with Crippen LogP contribution < -0.4 is 15.0 Å². The van der Waals surface area contributed by atoms with Crippen molar-refractivity contribution in [2.24, 2.45) is 0 Å². The summed E-state index contributed by atoms with van der Waals surface area (Å²) in [5.41, 5.74) is 2.35. The molecule has 0 spiro atoms. The van der Waals surface area contributed by atoms with E-state index in [1.165, 1.54) is 10.5 Å². The molecule has 4 nitrogen and oxygen atoms in total. The van der Waals surface area contributed by atoms with Crippen molar-refractivity contribution in [3.8, 4) is 5.75 Å². The first kappa shape index (κ1) is 16.0. The summed E-state index contributed by atoms with van der Waals surface area (Å²) in [6, 6.07) is 6.15. The Hall–Kier alpha value is -1.36. The average Bonchev–Trinajstić information content (AvgIpc) is 2.48. The molecule has 1 aliphatic heterocycles. The van der Waals surface area contributed by atoms with E-state index in [1.54, 1.807) is 0 Å². The van der Waals surface area contributed by atoms with Crippen LogP contribution in [0.25, 0.3) is 0 Å². The molecule has 0 amide bonds. The van der Waals surface area contributed by atoms with Crippen molar-refractivity contribution >= 4 is 0 Å². The number of nitrogens with two attached hydrogens (primary N) is 1. The topological polar surface area (TPSA) is 50.5 Å². The van der Waals surface area contributed by atoms with Gasteiger partial charge in [0.2, 0.25) is 0 Å². The summed E-state index contributed by atoms with van der Waals surface area (Å²) < 4.78 is 5.83. The van der Waals surface area contributed by atoms with Gasteiger partial charge in [0.1, 0.15) is 51.2 Å². The normalized spacial score (nSPS) is 17.4. The maximum atomic E-state index is 10.2. The van der Waals surface area contributed by atoms with Gasteiger partial charge in [0, 0.05) is 0 Å². The molecule has 4 heteroatoms. The Labute approximate surface area is 127 Å². The molecule has 0 aromatic heterocycles. The Morgan fingerprint density at radius 1 is 1.43 bits per heavy atom. The molecule has 4 N–H and O–H groups in total. The third kappa shape index (κ3) is 5.16. The maximum absolute atomic E-state index is 10.2. The average molecular weight is 292 g/mol. The summed E-state index contributed by atoms with van der Waals surface area (Å²) in [4.78, 5) is 1.48. The first-order chi connectivity index (χ1) is 10.2. The van der Waals surface area contributed by atoms with Gasteiger partial charge < -0.3 is 20.1 Å². The van der Waals surface area contributed by atoms with Gasteiger partial charge in [-0.15, -0.1) is 6.58 Å². The molecule has 1 aromatic carbocycles. The van der Waals surface area contributed by atoms with Gasteiger partial charge in [-0.25, -0.2) is 0 Å². The van der Waals surface area contributed by atoms with Crippen LogP contribution in [0.2, 0.25) is 0 Å². The van der Waals surface area contributed by atoms with Crippen molar-refractivity contribution < 1.29 is 20.1 Å². The summed E-state index contributed by atoms with van der Waals surface area (Å²) in [6.07, 6.45) is 2.27. The molecule has 1 aliphatic rings. The van der Waals surface area contributed by atoms with Crippen LogP contribution in [0, 0.1) is 6.92 Å². The molecule has 2 rings (SSSR count). The van der Waals surface area contributed by atoms with E-state index < -0.39 is 6.10 Å². The monoisotopic (exact) mass is 292 g/mol. The molecule has 1 atom stereocenters. The summed E-state index contributed by atoms with van der Waals surface area (Å²) in [7, 11) is 0. The number of allylic oxidation sites excluding steroid dienone is 1. The Kier molecular flexibility index (Phi) is 6.23. The van der Waals surface area contributed by atoms with Gasteiger partial charge in [-0.1, -0.05) is 23.8 Å². The molecule has 1 aromatic rings. The molecule has 21 heavy (non-hydrogen) atoms. The Bertz CT molecular complexity index is 456. The quantitative estimate of drug-likeness (QED) is 0.560. The number of hydrogen-bond donors (Lipinski definition) is 3. The third-order valence-electron chi connectivity index (χ3n) is 3.94. The highest BCUT2D eigenvalue weighted by atomic mass is 16.5. The SMILES string of the molecule is C=CCc1cc(C)ccc1OC[C@@H](O)C[NH+]1CC[NH2+]CC1. The van der Waals surface area contributed by atoms with E-state index in [-0.39, 0.29) is 0 Å². The number of aliphatic hydroxyl groups excluding tert-OH is 1. The van der Waals surface area contributed by atoms with Crippen LogP contribution in [0.5, 0.6) is 5.75 Å². The van der Waals surface area contributed by atoms with Gasteiger partial charge >= 0.3 is 0 Å². The van der Waals surface area contributed by atoms with Crippen LogP contribution in [0.15, 0.2) is 30.9 Å². The van der Waals surface area contributed by atoms with Crippen molar-refractivity contribution in [3.63, 3.8) is 0 Å². The largest absolute Gasteiger partial charge is 0.490 e. The lowest BCUT2D eigenvalue weighted by molar-refractivity contribution is -0.949. The molecular formula is C17H28N2O2+2. The fourth-order valence-corrected chi connectivity index (χ4v) is 2.83. The van der Waals surface area contributed by atoms with Crippen LogP contribution in [-0.4, -0.2) is 50.5 Å². The van der Waals surface area contributed by atoms with Gasteiger partial charge in [0.25, 0.3) is 0 Å². The van der Waals surface area contributed by atoms with Crippen LogP contribution in [-0.2, 0) is 6.42 Å². The molecule has 0 unspecified atom stereocenters. The highest BCUT2D eigenvalue weighted by Gasteiger charge is 2.20. The highest BCUT2D eigenvalue weighted by Crippen LogP contribution is 2.21. The predicted molar refractivity (Wildman–Crippen MR) is 83.8 cm³/mol. The lowest BCUT2D eigenvalue weighted by atomic mass is 10.1. The molecule has 0 radical (unpaired) electrons. The minimum atomic E-state index is -0.406. The number of benzene rings is 1. The summed E-state index contributed by atoms with van der Waals surface area (Å²) in [5.74, 6) is 0.863. The maximum Gasteiger partial charge on any atom is 0.137 e. The first-order valence-corrected chi connectivity index (χ1v) is 7.85. The molecular weight excluding hydrogens is 264 g/mol. The lowest BCUT2D eigenvalue weighted by Gasteiger charge is -2.24. The standard InChI is InChI=1S/C17H26N2O2/c1-3-4-15-11-14(2)5-6-17(15)21-13-16(20)12-19-9-7-18-8-10-19/h3,5-6,11,16,18,20H,1,4,7-10,12-13H2,2H3/p+2/t16-/m0/s1. The number of ether oxygens (including phenoxy) is 1. The highest BCUT2D eigenvalue weighted by molar-refractivity contribution is 5.38. The molecule has 1 heterocycles. The first-order valence-electron chi connectivity index (χ1n) is 7.85. The number of quaternary nitrogens is 2. The lowest BCUT2D eigenvalue weighted by Crippen LogP contribution is -3.21. The van der Waals surface area contributed by atoms with Gasteiger partial charge in [0.15, 0.2) is 0 Å². The Morgan fingerprint density at radius 2 is 2.19 bits per heavy atom. The summed E-state index contributed by atoms with van der Waals surface area (Å²) in [6.45, 7) is 11.6. The fourth-order valence-electron chi connectivity index (χ4n) is 2.83. The van der Waals surface area contributed by atoms with E-state index in [0.29, 0.717) is 6.61 Å². The zero-order valence-corrected chi connectivity index (χ0v) is 13.0. The van der Waals surface area contributed by atoms with Crippen molar-refractivity contribution in [3.05, 3.63) is 42.0 Å². The van der Waals surface area contributed by atoms with Crippen LogP contribution >= 0.6 is 0 Å². The number of piperazine rings is 1. The second-order valence-electron chi connectivity index (χ2n) is 5.89. The molecule has 0 bridgehead atoms. The molecule has 1 saturated heterocycles. The van der Waals surface area contributed by atoms with Crippen LogP contribution in [0.3, 0.4) is 0 Å². The predicted octanol–water partition coefficient (Wildman–Crippen LogP) is -1.07. The number of hydrogen-bond acceptors (Lipinski definition) is 2. The van der Waals surface area contributed by atoms with E-state index in [2.05, 4.69) is 24.9 Å². The van der Waals surface area contributed by atoms with E-state index in [1.807, 2.05) is 18.2 Å². The van der Waals surface area contributed by atoms with Gasteiger partial charge in [-0.05, 0) is 25.0 Å². The number of aliphatic hydroxyl groups is 1. The Morgan fingerprint density at radius 3 is 2.90 bits per heavy atom. The van der Waals surface area contributed by atoms with Crippen LogP contribution in [0.1, 0.15) is 11.1 Å². The van der Waals surface area contributed by atoms with Gasteiger partial charge in [-0.3, -0.25) is 0 Å². The molecule has 0 saturated carbocycles. The summed E-state index contributed by atoms with van der Waals surface area (Å²) >= 11 is 0. The number of rotatable bonds is 7. The van der Waals surface area contributed by atoms with Crippen molar-refractivity contribution in [2.75, 3.05) is 39.3 Å². The van der Waals surface area contributed by atoms with E-state index in [9.17, 15) is 5.11 Å². The van der Waals surface area contributed by atoms with Gasteiger partial charge in [0.05, 0.1) is 0 Å². The van der Waals surface area contributed by atoms with Crippen molar-refractivity contribution in [2.45, 2.75) is 19.4 Å².